The van der Waals surface area contributed by atoms with E-state index in [2.05, 4.69) is 10.1 Å². The van der Waals surface area contributed by atoms with E-state index in [0.29, 0.717) is 0 Å². The number of esters is 1. The van der Waals surface area contributed by atoms with Gasteiger partial charge in [-0.25, -0.2) is 4.79 Å². The molecule has 1 amide bonds. The summed E-state index contributed by atoms with van der Waals surface area (Å²) in [6, 6.07) is 19.9. The molecule has 0 unspecified atom stereocenters. The van der Waals surface area contributed by atoms with Gasteiger partial charge in [-0.05, 0) is 34.9 Å². The maximum atomic E-state index is 13.3. The van der Waals surface area contributed by atoms with Crippen LogP contribution in [0.25, 0.3) is 11.1 Å². The Labute approximate surface area is 177 Å². The van der Waals surface area contributed by atoms with Gasteiger partial charge in [0.1, 0.15) is 6.04 Å². The molecule has 0 aliphatic carbocycles. The predicted octanol–water partition coefficient (Wildman–Crippen LogP) is 4.89. The molecule has 160 valence electrons. The van der Waals surface area contributed by atoms with Crippen LogP contribution in [0.5, 0.6) is 0 Å². The van der Waals surface area contributed by atoms with Crippen molar-refractivity contribution in [2.75, 3.05) is 7.11 Å². The summed E-state index contributed by atoms with van der Waals surface area (Å²) in [5.74, 6) is -1.41. The van der Waals surface area contributed by atoms with Crippen LogP contribution < -0.4 is 5.32 Å². The molecule has 3 aromatic carbocycles. The van der Waals surface area contributed by atoms with Crippen LogP contribution in [0.4, 0.5) is 13.2 Å². The van der Waals surface area contributed by atoms with Gasteiger partial charge in [-0.3, -0.25) is 4.79 Å². The van der Waals surface area contributed by atoms with Crippen molar-refractivity contribution in [3.8, 4) is 11.1 Å². The first-order valence-corrected chi connectivity index (χ1v) is 9.49. The van der Waals surface area contributed by atoms with Crippen LogP contribution in [0.3, 0.4) is 0 Å². The Hall–Kier alpha value is -3.61. The molecule has 0 fully saturated rings. The first kappa shape index (κ1) is 22.1. The standard InChI is InChI=1S/C24H20F3NO3/c1-31-23(30)21(15-19-9-5-6-10-20(19)24(25,26)27)28-22(29)18-13-11-17(12-14-18)16-7-3-2-4-8-16/h2-14,21H,15H2,1H3,(H,28,29)/t21-/m0/s1. The Morgan fingerprint density at radius 1 is 0.871 bits per heavy atom. The fourth-order valence-corrected chi connectivity index (χ4v) is 3.22. The van der Waals surface area contributed by atoms with E-state index in [-0.39, 0.29) is 17.5 Å². The number of nitrogens with one attached hydrogen (secondary N) is 1. The van der Waals surface area contributed by atoms with Crippen LogP contribution in [0, 0.1) is 0 Å². The summed E-state index contributed by atoms with van der Waals surface area (Å²) >= 11 is 0. The topological polar surface area (TPSA) is 55.4 Å². The van der Waals surface area contributed by atoms with Gasteiger partial charge in [-0.2, -0.15) is 13.2 Å². The number of rotatable bonds is 6. The van der Waals surface area contributed by atoms with E-state index in [0.717, 1.165) is 24.3 Å². The minimum Gasteiger partial charge on any atom is -0.467 e. The highest BCUT2D eigenvalue weighted by molar-refractivity contribution is 5.97. The van der Waals surface area contributed by atoms with Gasteiger partial charge in [0, 0.05) is 12.0 Å². The molecule has 0 spiro atoms. The van der Waals surface area contributed by atoms with Crippen molar-refractivity contribution in [1.82, 2.24) is 5.32 Å². The highest BCUT2D eigenvalue weighted by Crippen LogP contribution is 2.32. The summed E-state index contributed by atoms with van der Waals surface area (Å²) in [6.45, 7) is 0. The third-order valence-electron chi connectivity index (χ3n) is 4.79. The van der Waals surface area contributed by atoms with Crippen LogP contribution in [0.15, 0.2) is 78.9 Å². The number of carbonyl (C=O) groups excluding carboxylic acids is 2. The molecular formula is C24H20F3NO3. The Balaban J connectivity index is 1.79. The van der Waals surface area contributed by atoms with Crippen LogP contribution in [-0.4, -0.2) is 25.0 Å². The summed E-state index contributed by atoms with van der Waals surface area (Å²) in [6.07, 6.45) is -4.93. The van der Waals surface area contributed by atoms with E-state index >= 15 is 0 Å². The molecule has 31 heavy (non-hydrogen) atoms. The lowest BCUT2D eigenvalue weighted by Gasteiger charge is -2.19. The van der Waals surface area contributed by atoms with Gasteiger partial charge in [0.05, 0.1) is 12.7 Å². The summed E-state index contributed by atoms with van der Waals surface area (Å²) < 4.78 is 44.5. The van der Waals surface area contributed by atoms with Crippen LogP contribution in [-0.2, 0) is 22.1 Å². The van der Waals surface area contributed by atoms with E-state index in [1.165, 1.54) is 18.2 Å². The summed E-state index contributed by atoms with van der Waals surface area (Å²) in [5.41, 5.74) is 1.19. The highest BCUT2D eigenvalue weighted by Gasteiger charge is 2.34. The minimum atomic E-state index is -4.57. The van der Waals surface area contributed by atoms with Crippen molar-refractivity contribution >= 4 is 11.9 Å². The van der Waals surface area contributed by atoms with E-state index in [1.807, 2.05) is 30.3 Å². The minimum absolute atomic E-state index is 0.106. The molecule has 7 heteroatoms. The number of halogens is 3. The Morgan fingerprint density at radius 3 is 2.06 bits per heavy atom. The van der Waals surface area contributed by atoms with Crippen molar-refractivity contribution in [2.45, 2.75) is 18.6 Å². The van der Waals surface area contributed by atoms with E-state index < -0.39 is 29.7 Å². The third kappa shape index (κ3) is 5.51. The zero-order valence-corrected chi connectivity index (χ0v) is 16.6. The smallest absolute Gasteiger partial charge is 0.416 e. The molecule has 4 nitrogen and oxygen atoms in total. The molecule has 0 heterocycles. The van der Waals surface area contributed by atoms with Gasteiger partial charge in [-0.15, -0.1) is 0 Å². The quantitative estimate of drug-likeness (QED) is 0.570. The van der Waals surface area contributed by atoms with Crippen molar-refractivity contribution < 1.29 is 27.5 Å². The summed E-state index contributed by atoms with van der Waals surface area (Å²) in [5, 5.41) is 2.49. The highest BCUT2D eigenvalue weighted by atomic mass is 19.4. The predicted molar refractivity (Wildman–Crippen MR) is 110 cm³/mol. The summed E-state index contributed by atoms with van der Waals surface area (Å²) in [4.78, 5) is 24.8. The van der Waals surface area contributed by atoms with Gasteiger partial charge in [0.2, 0.25) is 0 Å². The van der Waals surface area contributed by atoms with Crippen molar-refractivity contribution in [3.05, 3.63) is 95.6 Å². The number of alkyl halides is 3. The molecule has 0 radical (unpaired) electrons. The van der Waals surface area contributed by atoms with Crippen LogP contribution in [0.2, 0.25) is 0 Å². The monoisotopic (exact) mass is 427 g/mol. The third-order valence-corrected chi connectivity index (χ3v) is 4.79. The number of ether oxygens (including phenoxy) is 1. The molecule has 0 aromatic heterocycles. The lowest BCUT2D eigenvalue weighted by Crippen LogP contribution is -2.43. The number of amides is 1. The van der Waals surface area contributed by atoms with Crippen LogP contribution >= 0.6 is 0 Å². The normalized spacial score (nSPS) is 12.1. The Bertz CT molecular complexity index is 1050. The molecule has 3 aromatic rings. The zero-order valence-electron chi connectivity index (χ0n) is 16.6. The molecular weight excluding hydrogens is 407 g/mol. The van der Waals surface area contributed by atoms with Crippen molar-refractivity contribution in [1.29, 1.82) is 0 Å². The van der Waals surface area contributed by atoms with Gasteiger partial charge in [0.15, 0.2) is 0 Å². The average molecular weight is 427 g/mol. The maximum Gasteiger partial charge on any atom is 0.416 e. The molecule has 0 saturated heterocycles. The number of benzene rings is 3. The van der Waals surface area contributed by atoms with E-state index in [4.69, 9.17) is 0 Å². The van der Waals surface area contributed by atoms with Crippen molar-refractivity contribution in [2.24, 2.45) is 0 Å². The zero-order chi connectivity index (χ0) is 22.4. The van der Waals surface area contributed by atoms with Crippen LogP contribution in [0.1, 0.15) is 21.5 Å². The molecule has 0 saturated carbocycles. The molecule has 1 atom stereocenters. The number of methoxy groups -OCH3 is 1. The van der Waals surface area contributed by atoms with E-state index in [9.17, 15) is 22.8 Å². The second kappa shape index (κ2) is 9.47. The lowest BCUT2D eigenvalue weighted by atomic mass is 9.99. The molecule has 0 aliphatic heterocycles. The fourth-order valence-electron chi connectivity index (χ4n) is 3.22. The SMILES string of the molecule is COC(=O)[C@H](Cc1ccccc1C(F)(F)F)NC(=O)c1ccc(-c2ccccc2)cc1. The maximum absolute atomic E-state index is 13.3. The Morgan fingerprint density at radius 2 is 1.45 bits per heavy atom. The second-order valence-electron chi connectivity index (χ2n) is 6.85. The van der Waals surface area contributed by atoms with Gasteiger partial charge >= 0.3 is 12.1 Å². The van der Waals surface area contributed by atoms with Gasteiger partial charge in [-0.1, -0.05) is 60.7 Å². The molecule has 0 aliphatic rings. The lowest BCUT2D eigenvalue weighted by molar-refractivity contribution is -0.144. The van der Waals surface area contributed by atoms with Gasteiger partial charge < -0.3 is 10.1 Å². The number of hydrogen-bond acceptors (Lipinski definition) is 3. The average Bonchev–Trinajstić information content (AvgIpc) is 2.78. The number of hydrogen-bond donors (Lipinski definition) is 1. The van der Waals surface area contributed by atoms with Gasteiger partial charge in [0.25, 0.3) is 5.91 Å². The first-order valence-electron chi connectivity index (χ1n) is 9.49. The second-order valence-corrected chi connectivity index (χ2v) is 6.85. The molecule has 1 N–H and O–H groups in total. The van der Waals surface area contributed by atoms with E-state index in [1.54, 1.807) is 24.3 Å². The number of carbonyl (C=O) groups is 2. The largest absolute Gasteiger partial charge is 0.467 e. The first-order chi connectivity index (χ1) is 14.8. The fraction of sp³-hybridized carbons (Fsp3) is 0.167. The Kier molecular flexibility index (Phi) is 6.74. The van der Waals surface area contributed by atoms with Crippen molar-refractivity contribution in [3.63, 3.8) is 0 Å². The summed E-state index contributed by atoms with van der Waals surface area (Å²) in [7, 11) is 1.12. The molecule has 0 bridgehead atoms. The molecule has 3 rings (SSSR count).